The zero-order chi connectivity index (χ0) is 25.4. The smallest absolute Gasteiger partial charge is 0.251 e. The van der Waals surface area contributed by atoms with Crippen molar-refractivity contribution in [2.75, 3.05) is 24.8 Å². The molecular formula is C25H31N5O4S. The highest BCUT2D eigenvalue weighted by Gasteiger charge is 2.23. The normalized spacial score (nSPS) is 11.7. The number of hydrogen-bond acceptors (Lipinski definition) is 7. The molecule has 0 spiro atoms. The second-order valence-corrected chi connectivity index (χ2v) is 8.76. The minimum Gasteiger partial charge on any atom is -0.497 e. The van der Waals surface area contributed by atoms with Gasteiger partial charge in [0.15, 0.2) is 11.0 Å². The SMILES string of the molecule is CCc1cccc(C)c1NC(=O)CSc1nnc([C@H](CO)NC(=O)c2ccc(OC)cc2)n1CC. The van der Waals surface area contributed by atoms with Gasteiger partial charge in [-0.2, -0.15) is 0 Å². The predicted molar refractivity (Wildman–Crippen MR) is 136 cm³/mol. The molecule has 1 aromatic heterocycles. The molecule has 0 aliphatic heterocycles. The van der Waals surface area contributed by atoms with Crippen LogP contribution in [0.25, 0.3) is 0 Å². The first kappa shape index (κ1) is 26.2. The number of aliphatic hydroxyl groups excluding tert-OH is 1. The largest absolute Gasteiger partial charge is 0.497 e. The molecule has 3 rings (SSSR count). The van der Waals surface area contributed by atoms with E-state index in [1.165, 1.54) is 11.8 Å². The van der Waals surface area contributed by atoms with E-state index < -0.39 is 6.04 Å². The number of aryl methyl sites for hydroxylation is 2. The van der Waals surface area contributed by atoms with Crippen molar-refractivity contribution in [2.45, 2.75) is 44.9 Å². The van der Waals surface area contributed by atoms with Gasteiger partial charge in [-0.05, 0) is 55.7 Å². The topological polar surface area (TPSA) is 118 Å². The van der Waals surface area contributed by atoms with E-state index >= 15 is 0 Å². The minimum atomic E-state index is -0.751. The lowest BCUT2D eigenvalue weighted by Crippen LogP contribution is -2.32. The van der Waals surface area contributed by atoms with Crippen LogP contribution in [0.1, 0.15) is 47.2 Å². The van der Waals surface area contributed by atoms with Crippen LogP contribution in [-0.2, 0) is 17.8 Å². The number of aromatic nitrogens is 3. The monoisotopic (exact) mass is 497 g/mol. The molecule has 35 heavy (non-hydrogen) atoms. The zero-order valence-electron chi connectivity index (χ0n) is 20.4. The maximum absolute atomic E-state index is 12.7. The highest BCUT2D eigenvalue weighted by atomic mass is 32.2. The van der Waals surface area contributed by atoms with Gasteiger partial charge in [-0.3, -0.25) is 9.59 Å². The Hall–Kier alpha value is -3.37. The molecule has 2 amide bonds. The standard InChI is InChI=1S/C25H31N5O4S/c1-5-17-9-7-8-16(3)22(17)27-21(32)15-35-25-29-28-23(30(25)6-2)20(14-31)26-24(33)18-10-12-19(34-4)13-11-18/h7-13,20,31H,5-6,14-15H2,1-4H3,(H,26,33)(H,27,32)/t20-/m0/s1. The van der Waals surface area contributed by atoms with E-state index in [1.807, 2.05) is 32.0 Å². The maximum atomic E-state index is 12.7. The van der Waals surface area contributed by atoms with Crippen molar-refractivity contribution >= 4 is 29.3 Å². The Morgan fingerprint density at radius 2 is 1.89 bits per heavy atom. The van der Waals surface area contributed by atoms with Gasteiger partial charge >= 0.3 is 0 Å². The number of benzene rings is 2. The van der Waals surface area contributed by atoms with Crippen molar-refractivity contribution in [3.05, 3.63) is 65.0 Å². The van der Waals surface area contributed by atoms with E-state index in [0.717, 1.165) is 23.2 Å². The van der Waals surface area contributed by atoms with E-state index in [9.17, 15) is 14.7 Å². The molecular weight excluding hydrogens is 466 g/mol. The molecule has 0 fully saturated rings. The fourth-order valence-electron chi connectivity index (χ4n) is 3.65. The van der Waals surface area contributed by atoms with Crippen LogP contribution in [0.2, 0.25) is 0 Å². The number of anilines is 1. The first-order valence-corrected chi connectivity index (χ1v) is 12.4. The second kappa shape index (κ2) is 12.4. The van der Waals surface area contributed by atoms with Crippen LogP contribution in [0, 0.1) is 6.92 Å². The van der Waals surface area contributed by atoms with Gasteiger partial charge in [0.1, 0.15) is 11.8 Å². The molecule has 0 unspecified atom stereocenters. The van der Waals surface area contributed by atoms with Crippen molar-refractivity contribution in [2.24, 2.45) is 0 Å². The second-order valence-electron chi connectivity index (χ2n) is 7.82. The number of thioether (sulfide) groups is 1. The minimum absolute atomic E-state index is 0.141. The van der Waals surface area contributed by atoms with Crippen molar-refractivity contribution in [3.63, 3.8) is 0 Å². The van der Waals surface area contributed by atoms with Crippen molar-refractivity contribution in [1.82, 2.24) is 20.1 Å². The number of carbonyl (C=O) groups excluding carboxylic acids is 2. The Labute approximate surface area is 209 Å². The van der Waals surface area contributed by atoms with E-state index in [0.29, 0.717) is 28.8 Å². The third kappa shape index (κ3) is 6.40. The third-order valence-corrected chi connectivity index (χ3v) is 6.52. The van der Waals surface area contributed by atoms with Crippen LogP contribution in [0.3, 0.4) is 0 Å². The molecule has 2 aromatic carbocycles. The molecule has 1 heterocycles. The number of rotatable bonds is 11. The lowest BCUT2D eigenvalue weighted by Gasteiger charge is -2.17. The fraction of sp³-hybridized carbons (Fsp3) is 0.360. The number of nitrogens with zero attached hydrogens (tertiary/aromatic N) is 3. The molecule has 0 saturated heterocycles. The van der Waals surface area contributed by atoms with Gasteiger partial charge in [0.05, 0.1) is 19.5 Å². The molecule has 186 valence electrons. The van der Waals surface area contributed by atoms with Crippen LogP contribution in [-0.4, -0.2) is 51.2 Å². The summed E-state index contributed by atoms with van der Waals surface area (Å²) in [5.74, 6) is 0.725. The summed E-state index contributed by atoms with van der Waals surface area (Å²) < 4.78 is 6.91. The zero-order valence-corrected chi connectivity index (χ0v) is 21.2. The number of aliphatic hydroxyl groups is 1. The van der Waals surface area contributed by atoms with Crippen LogP contribution in [0.4, 0.5) is 5.69 Å². The number of hydrogen-bond donors (Lipinski definition) is 3. The van der Waals surface area contributed by atoms with Crippen LogP contribution in [0.15, 0.2) is 47.6 Å². The van der Waals surface area contributed by atoms with Crippen LogP contribution < -0.4 is 15.4 Å². The highest BCUT2D eigenvalue weighted by molar-refractivity contribution is 7.99. The molecule has 0 bridgehead atoms. The molecule has 1 atom stereocenters. The molecule has 3 aromatic rings. The van der Waals surface area contributed by atoms with Crippen molar-refractivity contribution in [1.29, 1.82) is 0 Å². The Bertz CT molecular complexity index is 1160. The summed E-state index contributed by atoms with van der Waals surface area (Å²) in [7, 11) is 1.55. The maximum Gasteiger partial charge on any atom is 0.251 e. The molecule has 3 N–H and O–H groups in total. The number of carbonyl (C=O) groups is 2. The average Bonchev–Trinajstić information content (AvgIpc) is 3.29. The van der Waals surface area contributed by atoms with E-state index in [4.69, 9.17) is 4.74 Å². The Morgan fingerprint density at radius 3 is 2.51 bits per heavy atom. The van der Waals surface area contributed by atoms with Gasteiger partial charge in [0, 0.05) is 17.8 Å². The molecule has 9 nitrogen and oxygen atoms in total. The third-order valence-electron chi connectivity index (χ3n) is 5.55. The predicted octanol–water partition coefficient (Wildman–Crippen LogP) is 3.37. The lowest BCUT2D eigenvalue weighted by atomic mass is 10.1. The highest BCUT2D eigenvalue weighted by Crippen LogP contribution is 2.24. The van der Waals surface area contributed by atoms with E-state index in [-0.39, 0.29) is 24.2 Å². The summed E-state index contributed by atoms with van der Waals surface area (Å²) in [6.07, 6.45) is 0.822. The van der Waals surface area contributed by atoms with Gasteiger partial charge in [-0.25, -0.2) is 0 Å². The number of para-hydroxylation sites is 1. The summed E-state index contributed by atoms with van der Waals surface area (Å²) in [6, 6.07) is 11.9. The molecule has 0 radical (unpaired) electrons. The number of amides is 2. The molecule has 10 heteroatoms. The first-order chi connectivity index (χ1) is 16.9. The fourth-order valence-corrected chi connectivity index (χ4v) is 4.45. The quantitative estimate of drug-likeness (QED) is 0.348. The summed E-state index contributed by atoms with van der Waals surface area (Å²) in [6.45, 7) is 6.10. The van der Waals surface area contributed by atoms with Crippen LogP contribution >= 0.6 is 11.8 Å². The lowest BCUT2D eigenvalue weighted by molar-refractivity contribution is -0.113. The Morgan fingerprint density at radius 1 is 1.14 bits per heavy atom. The molecule has 0 saturated carbocycles. The Balaban J connectivity index is 1.68. The van der Waals surface area contributed by atoms with Gasteiger partial charge < -0.3 is 25.0 Å². The summed E-state index contributed by atoms with van der Waals surface area (Å²) >= 11 is 1.26. The molecule has 0 aliphatic rings. The van der Waals surface area contributed by atoms with E-state index in [2.05, 4.69) is 27.8 Å². The number of nitrogens with one attached hydrogen (secondary N) is 2. The van der Waals surface area contributed by atoms with Crippen molar-refractivity contribution < 1.29 is 19.4 Å². The van der Waals surface area contributed by atoms with Gasteiger partial charge in [0.2, 0.25) is 5.91 Å². The van der Waals surface area contributed by atoms with Gasteiger partial charge in [0.25, 0.3) is 5.91 Å². The Kier molecular flexibility index (Phi) is 9.27. The number of methoxy groups -OCH3 is 1. The average molecular weight is 498 g/mol. The summed E-state index contributed by atoms with van der Waals surface area (Å²) in [4.78, 5) is 25.3. The number of ether oxygens (including phenoxy) is 1. The van der Waals surface area contributed by atoms with Gasteiger partial charge in [-0.1, -0.05) is 36.9 Å². The first-order valence-electron chi connectivity index (χ1n) is 11.4. The molecule has 0 aliphatic carbocycles. The van der Waals surface area contributed by atoms with Gasteiger partial charge in [-0.15, -0.1) is 10.2 Å². The van der Waals surface area contributed by atoms with Crippen LogP contribution in [0.5, 0.6) is 5.75 Å². The van der Waals surface area contributed by atoms with E-state index in [1.54, 1.807) is 35.9 Å². The summed E-state index contributed by atoms with van der Waals surface area (Å²) in [5, 5.41) is 24.7. The summed E-state index contributed by atoms with van der Waals surface area (Å²) in [5.41, 5.74) is 3.38. The van der Waals surface area contributed by atoms with Crippen molar-refractivity contribution in [3.8, 4) is 5.75 Å².